The van der Waals surface area contributed by atoms with Crippen LogP contribution in [-0.2, 0) is 0 Å². The van der Waals surface area contributed by atoms with Crippen LogP contribution in [0.15, 0.2) is 35.5 Å². The number of benzene rings is 1. The zero-order valence-electron chi connectivity index (χ0n) is 9.86. The van der Waals surface area contributed by atoms with Crippen LogP contribution in [0.5, 0.6) is 5.75 Å². The van der Waals surface area contributed by atoms with Crippen molar-refractivity contribution in [2.75, 3.05) is 6.61 Å². The van der Waals surface area contributed by atoms with E-state index in [4.69, 9.17) is 4.74 Å². The lowest BCUT2D eigenvalue weighted by Gasteiger charge is -2.08. The molecule has 0 unspecified atom stereocenters. The van der Waals surface area contributed by atoms with E-state index in [-0.39, 0.29) is 5.56 Å². The minimum absolute atomic E-state index is 0.136. The minimum atomic E-state index is -0.136. The van der Waals surface area contributed by atoms with Crippen LogP contribution in [0.1, 0.15) is 12.5 Å². The second-order valence-corrected chi connectivity index (χ2v) is 3.71. The molecule has 88 valence electrons. The van der Waals surface area contributed by atoms with Crippen molar-refractivity contribution < 1.29 is 4.74 Å². The summed E-state index contributed by atoms with van der Waals surface area (Å²) in [6.07, 6.45) is 2.95. The molecule has 1 N–H and O–H groups in total. The van der Waals surface area contributed by atoms with E-state index in [0.717, 1.165) is 16.9 Å². The maximum absolute atomic E-state index is 11.6. The normalized spacial score (nSPS) is 10.2. The van der Waals surface area contributed by atoms with Gasteiger partial charge in [0.05, 0.1) is 18.5 Å². The molecule has 17 heavy (non-hydrogen) atoms. The molecule has 1 aromatic carbocycles. The molecule has 0 aliphatic heterocycles. The van der Waals surface area contributed by atoms with Gasteiger partial charge in [-0.1, -0.05) is 6.07 Å². The third-order valence-electron chi connectivity index (χ3n) is 2.50. The van der Waals surface area contributed by atoms with E-state index in [1.165, 1.54) is 6.33 Å². The number of nitrogens with one attached hydrogen (secondary N) is 1. The van der Waals surface area contributed by atoms with Crippen molar-refractivity contribution in [3.8, 4) is 16.9 Å². The average molecular weight is 230 g/mol. The molecule has 0 spiro atoms. The summed E-state index contributed by atoms with van der Waals surface area (Å²) in [6.45, 7) is 4.53. The molecule has 0 radical (unpaired) electrons. The molecule has 0 saturated carbocycles. The van der Waals surface area contributed by atoms with Crippen LogP contribution in [0, 0.1) is 6.92 Å². The Bertz CT molecular complexity index is 576. The molecule has 0 bridgehead atoms. The number of aryl methyl sites for hydroxylation is 1. The number of ether oxygens (including phenoxy) is 1. The smallest absolute Gasteiger partial charge is 0.258 e. The number of hydrogen-bond acceptors (Lipinski definition) is 3. The van der Waals surface area contributed by atoms with E-state index in [1.54, 1.807) is 6.20 Å². The van der Waals surface area contributed by atoms with Crippen molar-refractivity contribution in [2.24, 2.45) is 0 Å². The van der Waals surface area contributed by atoms with E-state index in [9.17, 15) is 4.79 Å². The van der Waals surface area contributed by atoms with E-state index in [2.05, 4.69) is 9.97 Å². The molecular formula is C13H14N2O2. The molecule has 4 heteroatoms. The van der Waals surface area contributed by atoms with Crippen molar-refractivity contribution in [3.05, 3.63) is 46.6 Å². The largest absolute Gasteiger partial charge is 0.494 e. The lowest BCUT2D eigenvalue weighted by Crippen LogP contribution is -2.08. The molecule has 1 heterocycles. The quantitative estimate of drug-likeness (QED) is 0.878. The molecular weight excluding hydrogens is 216 g/mol. The van der Waals surface area contributed by atoms with Crippen molar-refractivity contribution in [1.29, 1.82) is 0 Å². The number of nitrogens with zero attached hydrogens (tertiary/aromatic N) is 1. The van der Waals surface area contributed by atoms with Gasteiger partial charge in [0.1, 0.15) is 5.75 Å². The highest BCUT2D eigenvalue weighted by atomic mass is 16.5. The van der Waals surface area contributed by atoms with Crippen molar-refractivity contribution in [3.63, 3.8) is 0 Å². The highest BCUT2D eigenvalue weighted by molar-refractivity contribution is 5.63. The van der Waals surface area contributed by atoms with Crippen molar-refractivity contribution in [1.82, 2.24) is 9.97 Å². The van der Waals surface area contributed by atoms with Gasteiger partial charge in [0.15, 0.2) is 0 Å². The summed E-state index contributed by atoms with van der Waals surface area (Å²) in [7, 11) is 0. The van der Waals surface area contributed by atoms with Gasteiger partial charge in [-0.2, -0.15) is 0 Å². The first-order valence-corrected chi connectivity index (χ1v) is 5.49. The summed E-state index contributed by atoms with van der Waals surface area (Å²) in [5.41, 5.74) is 2.29. The van der Waals surface area contributed by atoms with Crippen molar-refractivity contribution in [2.45, 2.75) is 13.8 Å². The summed E-state index contributed by atoms with van der Waals surface area (Å²) >= 11 is 0. The topological polar surface area (TPSA) is 55.0 Å². The molecule has 0 amide bonds. The van der Waals surface area contributed by atoms with Gasteiger partial charge in [0, 0.05) is 6.20 Å². The maximum Gasteiger partial charge on any atom is 0.258 e. The minimum Gasteiger partial charge on any atom is -0.494 e. The highest BCUT2D eigenvalue weighted by Gasteiger charge is 2.05. The zero-order chi connectivity index (χ0) is 12.3. The predicted molar refractivity (Wildman–Crippen MR) is 66.2 cm³/mol. The van der Waals surface area contributed by atoms with Crippen LogP contribution in [0.2, 0.25) is 0 Å². The molecule has 0 atom stereocenters. The Morgan fingerprint density at radius 2 is 2.24 bits per heavy atom. The second kappa shape index (κ2) is 4.82. The van der Waals surface area contributed by atoms with E-state index < -0.39 is 0 Å². The summed E-state index contributed by atoms with van der Waals surface area (Å²) in [5.74, 6) is 0.844. The lowest BCUT2D eigenvalue weighted by atomic mass is 10.1. The Labute approximate surface area is 99.3 Å². The Kier molecular flexibility index (Phi) is 3.23. The summed E-state index contributed by atoms with van der Waals surface area (Å²) in [4.78, 5) is 18.1. The molecule has 0 aliphatic carbocycles. The monoisotopic (exact) mass is 230 g/mol. The third kappa shape index (κ3) is 2.36. The fourth-order valence-electron chi connectivity index (χ4n) is 1.68. The first-order valence-electron chi connectivity index (χ1n) is 5.49. The molecule has 2 rings (SSSR count). The van der Waals surface area contributed by atoms with Crippen LogP contribution >= 0.6 is 0 Å². The Morgan fingerprint density at radius 3 is 2.88 bits per heavy atom. The first-order chi connectivity index (χ1) is 8.22. The number of rotatable bonds is 3. The number of aromatic nitrogens is 2. The predicted octanol–water partition coefficient (Wildman–Crippen LogP) is 2.14. The van der Waals surface area contributed by atoms with Gasteiger partial charge in [-0.25, -0.2) is 4.98 Å². The number of aromatic amines is 1. The van der Waals surface area contributed by atoms with Crippen LogP contribution in [0.4, 0.5) is 0 Å². The standard InChI is InChI=1S/C13H14N2O2/c1-3-17-12-5-4-10(6-9(12)2)11-7-14-8-15-13(11)16/h4-8H,3H2,1-2H3,(H,14,15,16). The molecule has 0 fully saturated rings. The van der Waals surface area contributed by atoms with Gasteiger partial charge in [0.25, 0.3) is 5.56 Å². The third-order valence-corrected chi connectivity index (χ3v) is 2.50. The fraction of sp³-hybridized carbons (Fsp3) is 0.231. The van der Waals surface area contributed by atoms with Gasteiger partial charge in [0.2, 0.25) is 0 Å². The number of H-pyrrole nitrogens is 1. The molecule has 0 saturated heterocycles. The van der Waals surface area contributed by atoms with Crippen LogP contribution < -0.4 is 10.3 Å². The van der Waals surface area contributed by atoms with Crippen LogP contribution in [0.25, 0.3) is 11.1 Å². The zero-order valence-corrected chi connectivity index (χ0v) is 9.86. The Morgan fingerprint density at radius 1 is 1.41 bits per heavy atom. The second-order valence-electron chi connectivity index (χ2n) is 3.71. The summed E-state index contributed by atoms with van der Waals surface area (Å²) < 4.78 is 5.46. The van der Waals surface area contributed by atoms with Gasteiger partial charge < -0.3 is 9.72 Å². The van der Waals surface area contributed by atoms with E-state index >= 15 is 0 Å². The highest BCUT2D eigenvalue weighted by Crippen LogP contribution is 2.23. The van der Waals surface area contributed by atoms with Gasteiger partial charge >= 0.3 is 0 Å². The average Bonchev–Trinajstić information content (AvgIpc) is 2.33. The van der Waals surface area contributed by atoms with E-state index in [1.807, 2.05) is 32.0 Å². The Balaban J connectivity index is 2.45. The number of hydrogen-bond donors (Lipinski definition) is 1. The molecule has 4 nitrogen and oxygen atoms in total. The van der Waals surface area contributed by atoms with Crippen LogP contribution in [-0.4, -0.2) is 16.6 Å². The van der Waals surface area contributed by atoms with Crippen LogP contribution in [0.3, 0.4) is 0 Å². The SMILES string of the molecule is CCOc1ccc(-c2cnc[nH]c2=O)cc1C. The lowest BCUT2D eigenvalue weighted by molar-refractivity contribution is 0.338. The molecule has 1 aromatic heterocycles. The van der Waals surface area contributed by atoms with Gasteiger partial charge in [-0.3, -0.25) is 4.79 Å². The molecule has 2 aromatic rings. The fourth-order valence-corrected chi connectivity index (χ4v) is 1.68. The summed E-state index contributed by atoms with van der Waals surface area (Å²) in [5, 5.41) is 0. The van der Waals surface area contributed by atoms with Gasteiger partial charge in [-0.15, -0.1) is 0 Å². The maximum atomic E-state index is 11.6. The first kappa shape index (κ1) is 11.4. The van der Waals surface area contributed by atoms with E-state index in [0.29, 0.717) is 12.2 Å². The summed E-state index contributed by atoms with van der Waals surface area (Å²) in [6, 6.07) is 5.67. The Hall–Kier alpha value is -2.10. The molecule has 0 aliphatic rings. The van der Waals surface area contributed by atoms with Crippen molar-refractivity contribution >= 4 is 0 Å². The van der Waals surface area contributed by atoms with Gasteiger partial charge in [-0.05, 0) is 37.1 Å².